The molecule has 0 spiro atoms. The minimum atomic E-state index is -2.76. The van der Waals surface area contributed by atoms with E-state index in [1.807, 2.05) is 0 Å². The third kappa shape index (κ3) is 5.95. The normalized spacial score (nSPS) is 12.5. The van der Waals surface area contributed by atoms with E-state index >= 15 is 0 Å². The average molecular weight is 135 g/mol. The van der Waals surface area contributed by atoms with Gasteiger partial charge in [0, 0.05) is 6.26 Å². The van der Waals surface area contributed by atoms with Crippen LogP contribution in [-0.2, 0) is 9.84 Å². The molecule has 0 saturated carbocycles. The summed E-state index contributed by atoms with van der Waals surface area (Å²) in [6.45, 7) is 3.61. The minimum absolute atomic E-state index is 0.215. The standard InChI is InChI=1S/C5H11O2S/c1-5(2)4-8(3,6)7/h4H2,1-3H3. The summed E-state index contributed by atoms with van der Waals surface area (Å²) in [4.78, 5) is 0. The first-order chi connectivity index (χ1) is 3.42. The van der Waals surface area contributed by atoms with Crippen LogP contribution in [0.3, 0.4) is 0 Å². The molecule has 49 valence electrons. The third-order valence-corrected chi connectivity index (χ3v) is 1.65. The van der Waals surface area contributed by atoms with E-state index in [9.17, 15) is 8.42 Å². The Kier molecular flexibility index (Phi) is 2.47. The van der Waals surface area contributed by atoms with E-state index in [-0.39, 0.29) is 5.75 Å². The fourth-order valence-electron chi connectivity index (χ4n) is 0.524. The zero-order chi connectivity index (χ0) is 6.78. The summed E-state index contributed by atoms with van der Waals surface area (Å²) in [7, 11) is -2.76. The van der Waals surface area contributed by atoms with Gasteiger partial charge < -0.3 is 0 Å². The van der Waals surface area contributed by atoms with Gasteiger partial charge in [-0.2, -0.15) is 0 Å². The maximum Gasteiger partial charge on any atom is 0.148 e. The summed E-state index contributed by atoms with van der Waals surface area (Å²) >= 11 is 0. The van der Waals surface area contributed by atoms with Gasteiger partial charge >= 0.3 is 0 Å². The summed E-state index contributed by atoms with van der Waals surface area (Å²) < 4.78 is 20.8. The van der Waals surface area contributed by atoms with Crippen molar-refractivity contribution in [3.05, 3.63) is 5.92 Å². The van der Waals surface area contributed by atoms with Crippen LogP contribution < -0.4 is 0 Å². The Morgan fingerprint density at radius 1 is 1.38 bits per heavy atom. The Morgan fingerprint density at radius 2 is 1.75 bits per heavy atom. The van der Waals surface area contributed by atoms with E-state index in [2.05, 4.69) is 0 Å². The highest BCUT2D eigenvalue weighted by Gasteiger charge is 2.04. The molecule has 0 N–H and O–H groups in total. The largest absolute Gasteiger partial charge is 0.229 e. The van der Waals surface area contributed by atoms with Crippen LogP contribution in [0.2, 0.25) is 0 Å². The van der Waals surface area contributed by atoms with Crippen molar-refractivity contribution in [3.63, 3.8) is 0 Å². The smallest absolute Gasteiger partial charge is 0.148 e. The Morgan fingerprint density at radius 3 is 1.75 bits per heavy atom. The topological polar surface area (TPSA) is 34.1 Å². The van der Waals surface area contributed by atoms with Crippen LogP contribution in [0, 0.1) is 5.92 Å². The molecule has 0 aromatic carbocycles. The molecule has 3 heteroatoms. The van der Waals surface area contributed by atoms with Crippen LogP contribution in [0.1, 0.15) is 13.8 Å². The zero-order valence-electron chi connectivity index (χ0n) is 5.43. The second-order valence-electron chi connectivity index (χ2n) is 2.28. The average Bonchev–Trinajstić information content (AvgIpc) is 1.21. The van der Waals surface area contributed by atoms with Gasteiger partial charge in [0.05, 0.1) is 5.75 Å². The molecule has 0 rings (SSSR count). The molecule has 0 unspecified atom stereocenters. The van der Waals surface area contributed by atoms with Crippen LogP contribution in [-0.4, -0.2) is 20.4 Å². The molecule has 0 aliphatic carbocycles. The second kappa shape index (κ2) is 2.49. The summed E-state index contributed by atoms with van der Waals surface area (Å²) in [6.07, 6.45) is 1.24. The van der Waals surface area contributed by atoms with E-state index in [0.29, 0.717) is 0 Å². The van der Waals surface area contributed by atoms with Crippen molar-refractivity contribution in [3.8, 4) is 0 Å². The fourth-order valence-corrected chi connectivity index (χ4v) is 1.57. The molecular formula is C5H11O2S. The maximum absolute atomic E-state index is 10.4. The predicted molar refractivity (Wildman–Crippen MR) is 34.3 cm³/mol. The van der Waals surface area contributed by atoms with Gasteiger partial charge in [0.25, 0.3) is 0 Å². The summed E-state index contributed by atoms with van der Waals surface area (Å²) in [6, 6.07) is 0. The first-order valence-corrected chi connectivity index (χ1v) is 4.44. The molecule has 0 heterocycles. The van der Waals surface area contributed by atoms with Crippen LogP contribution in [0.15, 0.2) is 0 Å². The highest BCUT2D eigenvalue weighted by molar-refractivity contribution is 7.90. The predicted octanol–water partition coefficient (Wildman–Crippen LogP) is 0.645. The van der Waals surface area contributed by atoms with Crippen LogP contribution in [0.25, 0.3) is 0 Å². The summed E-state index contributed by atoms with van der Waals surface area (Å²) in [5, 5.41) is 0. The Bertz CT molecular complexity index is 144. The van der Waals surface area contributed by atoms with Crippen molar-refractivity contribution in [1.29, 1.82) is 0 Å². The molecule has 0 aromatic rings. The zero-order valence-corrected chi connectivity index (χ0v) is 6.25. The van der Waals surface area contributed by atoms with E-state index in [1.54, 1.807) is 13.8 Å². The summed E-state index contributed by atoms with van der Waals surface area (Å²) in [5.41, 5.74) is 0. The number of hydrogen-bond donors (Lipinski definition) is 0. The first-order valence-electron chi connectivity index (χ1n) is 2.38. The Labute approximate surface area is 50.8 Å². The monoisotopic (exact) mass is 135 g/mol. The van der Waals surface area contributed by atoms with E-state index in [4.69, 9.17) is 0 Å². The van der Waals surface area contributed by atoms with Crippen molar-refractivity contribution in [1.82, 2.24) is 0 Å². The molecule has 0 amide bonds. The van der Waals surface area contributed by atoms with E-state index < -0.39 is 9.84 Å². The van der Waals surface area contributed by atoms with E-state index in [0.717, 1.165) is 5.92 Å². The SMILES string of the molecule is C[C](C)CS(C)(=O)=O. The third-order valence-electron chi connectivity index (χ3n) is 0.551. The van der Waals surface area contributed by atoms with E-state index in [1.165, 1.54) is 6.26 Å². The molecule has 8 heavy (non-hydrogen) atoms. The summed E-state index contributed by atoms with van der Waals surface area (Å²) in [5.74, 6) is 1.15. The van der Waals surface area contributed by atoms with Crippen molar-refractivity contribution in [2.24, 2.45) is 0 Å². The number of hydrogen-bond acceptors (Lipinski definition) is 2. The van der Waals surface area contributed by atoms with Gasteiger partial charge in [-0.3, -0.25) is 0 Å². The highest BCUT2D eigenvalue weighted by Crippen LogP contribution is 1.98. The molecule has 0 aromatic heterocycles. The lowest BCUT2D eigenvalue weighted by Crippen LogP contribution is -2.06. The number of sulfone groups is 1. The van der Waals surface area contributed by atoms with Gasteiger partial charge in [-0.15, -0.1) is 0 Å². The highest BCUT2D eigenvalue weighted by atomic mass is 32.2. The molecule has 0 fully saturated rings. The molecule has 0 saturated heterocycles. The minimum Gasteiger partial charge on any atom is -0.229 e. The van der Waals surface area contributed by atoms with Gasteiger partial charge in [0.1, 0.15) is 9.84 Å². The fraction of sp³-hybridized carbons (Fsp3) is 0.800. The molecule has 0 atom stereocenters. The second-order valence-corrected chi connectivity index (χ2v) is 4.42. The van der Waals surface area contributed by atoms with Crippen LogP contribution in [0.5, 0.6) is 0 Å². The van der Waals surface area contributed by atoms with Crippen molar-refractivity contribution in [2.75, 3.05) is 12.0 Å². The lowest BCUT2D eigenvalue weighted by Gasteiger charge is -1.98. The van der Waals surface area contributed by atoms with Gasteiger partial charge in [0.2, 0.25) is 0 Å². The van der Waals surface area contributed by atoms with Gasteiger partial charge in [-0.05, 0) is 5.92 Å². The van der Waals surface area contributed by atoms with Crippen molar-refractivity contribution >= 4 is 9.84 Å². The molecular weight excluding hydrogens is 124 g/mol. The van der Waals surface area contributed by atoms with Crippen molar-refractivity contribution < 1.29 is 8.42 Å². The lowest BCUT2D eigenvalue weighted by molar-refractivity contribution is 0.602. The molecule has 0 bridgehead atoms. The Hall–Kier alpha value is -0.0500. The lowest BCUT2D eigenvalue weighted by atomic mass is 10.3. The maximum atomic E-state index is 10.4. The van der Waals surface area contributed by atoms with Gasteiger partial charge in [-0.1, -0.05) is 13.8 Å². The molecule has 0 aliphatic heterocycles. The Balaban J connectivity index is 3.75. The molecule has 2 nitrogen and oxygen atoms in total. The molecule has 0 aliphatic rings. The van der Waals surface area contributed by atoms with Crippen molar-refractivity contribution in [2.45, 2.75) is 13.8 Å². The quantitative estimate of drug-likeness (QED) is 0.557. The van der Waals surface area contributed by atoms with Crippen LogP contribution in [0.4, 0.5) is 0 Å². The first kappa shape index (κ1) is 7.95. The molecule has 1 radical (unpaired) electrons. The van der Waals surface area contributed by atoms with Crippen LogP contribution >= 0.6 is 0 Å². The number of rotatable bonds is 2. The van der Waals surface area contributed by atoms with Gasteiger partial charge in [-0.25, -0.2) is 8.42 Å². The van der Waals surface area contributed by atoms with Gasteiger partial charge in [0.15, 0.2) is 0 Å².